The van der Waals surface area contributed by atoms with E-state index in [1.165, 1.54) is 161 Å². The summed E-state index contributed by atoms with van der Waals surface area (Å²) in [5.74, 6) is -1.47. The highest BCUT2D eigenvalue weighted by atomic mass is 16.6. The smallest absolute Gasteiger partial charge is 0.362 e. The van der Waals surface area contributed by atoms with Crippen LogP contribution in [0.5, 0.6) is 0 Å². The van der Waals surface area contributed by atoms with E-state index in [0.29, 0.717) is 19.3 Å². The van der Waals surface area contributed by atoms with Crippen molar-refractivity contribution in [1.82, 2.24) is 0 Å². The van der Waals surface area contributed by atoms with E-state index in [2.05, 4.69) is 38.2 Å². The highest BCUT2D eigenvalue weighted by molar-refractivity contribution is 5.72. The van der Waals surface area contributed by atoms with E-state index in [1.807, 2.05) is 21.1 Å². The second kappa shape index (κ2) is 42.5. The minimum atomic E-state index is -0.874. The molecule has 0 fully saturated rings. The summed E-state index contributed by atoms with van der Waals surface area (Å²) in [5.41, 5.74) is 0. The van der Waals surface area contributed by atoms with Crippen molar-refractivity contribution in [1.29, 1.82) is 0 Å². The van der Waals surface area contributed by atoms with Crippen LogP contribution in [-0.4, -0.2) is 80.6 Å². The van der Waals surface area contributed by atoms with Gasteiger partial charge in [0.2, 0.25) is 0 Å². The van der Waals surface area contributed by atoms with Crippen molar-refractivity contribution in [3.8, 4) is 0 Å². The second-order valence-electron chi connectivity index (χ2n) is 18.1. The first-order valence-corrected chi connectivity index (χ1v) is 24.9. The van der Waals surface area contributed by atoms with Crippen LogP contribution in [-0.2, 0) is 28.6 Å². The fourth-order valence-corrected chi connectivity index (χ4v) is 7.43. The highest BCUT2D eigenvalue weighted by Gasteiger charge is 2.31. The van der Waals surface area contributed by atoms with Crippen molar-refractivity contribution in [3.63, 3.8) is 0 Å². The van der Waals surface area contributed by atoms with Crippen molar-refractivity contribution < 1.29 is 38.2 Å². The number of unbranched alkanes of at least 4 members (excludes halogenated alkanes) is 27. The van der Waals surface area contributed by atoms with Crippen LogP contribution in [0.2, 0.25) is 0 Å². The monoisotopic (exact) mass is 835 g/mol. The molecule has 0 saturated carbocycles. The molecule has 0 aromatic carbocycles. The van der Waals surface area contributed by atoms with Gasteiger partial charge in [-0.25, -0.2) is 4.79 Å². The van der Waals surface area contributed by atoms with E-state index in [4.69, 9.17) is 14.2 Å². The van der Waals surface area contributed by atoms with E-state index in [1.54, 1.807) is 0 Å². The van der Waals surface area contributed by atoms with Gasteiger partial charge < -0.3 is 23.8 Å². The van der Waals surface area contributed by atoms with E-state index >= 15 is 0 Å². The van der Waals surface area contributed by atoms with Gasteiger partial charge in [-0.2, -0.15) is 0 Å². The third-order valence-corrected chi connectivity index (χ3v) is 11.3. The summed E-state index contributed by atoms with van der Waals surface area (Å²) in [7, 11) is 5.54. The minimum absolute atomic E-state index is 0.0516. The summed E-state index contributed by atoms with van der Waals surface area (Å²) >= 11 is 0. The van der Waals surface area contributed by atoms with Gasteiger partial charge in [-0.3, -0.25) is 9.59 Å². The number of nitrogens with zero attached hydrogens (tertiary/aromatic N) is 1. The van der Waals surface area contributed by atoms with E-state index in [-0.39, 0.29) is 36.2 Å². The number of carbonyl (C=O) groups is 3. The summed E-state index contributed by atoms with van der Waals surface area (Å²) in [4.78, 5) is 37.1. The molecular weight excluding hydrogens is 739 g/mol. The highest BCUT2D eigenvalue weighted by Crippen LogP contribution is 2.15. The number of carbonyl (C=O) groups excluding carboxylic acids is 2. The van der Waals surface area contributed by atoms with E-state index in [0.717, 1.165) is 38.5 Å². The van der Waals surface area contributed by atoms with Crippen LogP contribution in [0.25, 0.3) is 0 Å². The Kier molecular flexibility index (Phi) is 40.9. The first-order valence-electron chi connectivity index (χ1n) is 24.9. The van der Waals surface area contributed by atoms with Gasteiger partial charge in [-0.1, -0.05) is 173 Å². The molecule has 8 heteroatoms. The van der Waals surface area contributed by atoms with Crippen LogP contribution in [0, 0.1) is 0 Å². The number of allylic oxidation sites excluding steroid dienone is 4. The van der Waals surface area contributed by atoms with Gasteiger partial charge in [-0.15, -0.1) is 0 Å². The summed E-state index contributed by atoms with van der Waals surface area (Å²) in [6.07, 6.45) is 47.9. The fraction of sp³-hybridized carbons (Fsp3) is 0.863. The lowest BCUT2D eigenvalue weighted by Gasteiger charge is -2.31. The quantitative estimate of drug-likeness (QED) is 0.0282. The van der Waals surface area contributed by atoms with Crippen molar-refractivity contribution in [3.05, 3.63) is 24.3 Å². The number of aliphatic carboxylic acids is 1. The molecule has 0 aliphatic carbocycles. The number of quaternary nitrogens is 1. The van der Waals surface area contributed by atoms with Gasteiger partial charge in [0.15, 0.2) is 12.1 Å². The first kappa shape index (κ1) is 56.8. The number of ether oxygens (including phenoxy) is 3. The molecule has 0 amide bonds. The van der Waals surface area contributed by atoms with Crippen LogP contribution >= 0.6 is 0 Å². The Morgan fingerprint density at radius 3 is 1.22 bits per heavy atom. The van der Waals surface area contributed by atoms with Gasteiger partial charge in [0.05, 0.1) is 34.4 Å². The second-order valence-corrected chi connectivity index (χ2v) is 18.1. The molecule has 0 aromatic rings. The molecule has 8 nitrogen and oxygen atoms in total. The van der Waals surface area contributed by atoms with Crippen molar-refractivity contribution in [2.24, 2.45) is 0 Å². The molecule has 0 rings (SSSR count). The fourth-order valence-electron chi connectivity index (χ4n) is 7.43. The predicted molar refractivity (Wildman–Crippen MR) is 248 cm³/mol. The van der Waals surface area contributed by atoms with Crippen molar-refractivity contribution >= 4 is 17.9 Å². The zero-order valence-electron chi connectivity index (χ0n) is 39.5. The zero-order chi connectivity index (χ0) is 43.5. The van der Waals surface area contributed by atoms with Gasteiger partial charge in [0, 0.05) is 19.3 Å². The van der Waals surface area contributed by atoms with E-state index in [9.17, 15) is 19.5 Å². The van der Waals surface area contributed by atoms with Crippen molar-refractivity contribution in [2.45, 2.75) is 244 Å². The Bertz CT molecular complexity index is 1020. The van der Waals surface area contributed by atoms with E-state index < -0.39 is 18.1 Å². The summed E-state index contributed by atoms with van der Waals surface area (Å²) in [6, 6.07) is -0.614. The maximum absolute atomic E-state index is 12.8. The molecule has 2 atom stereocenters. The number of esters is 2. The number of hydrogen-bond donors (Lipinski definition) is 1. The number of rotatable bonds is 45. The van der Waals surface area contributed by atoms with Gasteiger partial charge in [0.1, 0.15) is 6.61 Å². The third kappa shape index (κ3) is 41.0. The molecule has 0 radical (unpaired) electrons. The van der Waals surface area contributed by atoms with Crippen molar-refractivity contribution in [2.75, 3.05) is 41.0 Å². The molecule has 0 bridgehead atoms. The largest absolute Gasteiger partial charge is 0.477 e. The summed E-state index contributed by atoms with van der Waals surface area (Å²) < 4.78 is 17.3. The average Bonchev–Trinajstić information content (AvgIpc) is 3.19. The normalized spacial score (nSPS) is 13.0. The maximum atomic E-state index is 12.8. The minimum Gasteiger partial charge on any atom is -0.477 e. The molecule has 0 spiro atoms. The molecule has 1 N–H and O–H groups in total. The Labute approximate surface area is 364 Å². The Hall–Kier alpha value is -2.19. The average molecular weight is 835 g/mol. The lowest BCUT2D eigenvalue weighted by atomic mass is 10.1. The molecule has 0 aromatic heterocycles. The van der Waals surface area contributed by atoms with Gasteiger partial charge >= 0.3 is 17.9 Å². The number of carboxylic acid groups (broad SMARTS) is 1. The number of carboxylic acids is 1. The third-order valence-electron chi connectivity index (χ3n) is 11.3. The number of hydrogen-bond acceptors (Lipinski definition) is 6. The van der Waals surface area contributed by atoms with Gasteiger partial charge in [-0.05, 0) is 64.2 Å². The SMILES string of the molecule is CCCCCCCC/C=C\CCCCCCCCCC(=O)OCC(COCCC(C(=O)O)[N+](C)(C)C)OC(=O)CCCCCCCCC/C=C\CCCCCCCCC. The molecule has 0 aliphatic heterocycles. The van der Waals surface area contributed by atoms with Crippen LogP contribution in [0.1, 0.15) is 232 Å². The molecule has 59 heavy (non-hydrogen) atoms. The van der Waals surface area contributed by atoms with Crippen LogP contribution in [0.3, 0.4) is 0 Å². The van der Waals surface area contributed by atoms with Crippen LogP contribution in [0.15, 0.2) is 24.3 Å². The molecule has 2 unspecified atom stereocenters. The topological polar surface area (TPSA) is 99.1 Å². The van der Waals surface area contributed by atoms with Gasteiger partial charge in [0.25, 0.3) is 0 Å². The Balaban J connectivity index is 4.27. The zero-order valence-corrected chi connectivity index (χ0v) is 39.5. The maximum Gasteiger partial charge on any atom is 0.362 e. The Morgan fingerprint density at radius 1 is 0.492 bits per heavy atom. The summed E-state index contributed by atoms with van der Waals surface area (Å²) in [5, 5.41) is 9.64. The molecule has 0 aliphatic rings. The lowest BCUT2D eigenvalue weighted by Crippen LogP contribution is -2.50. The van der Waals surface area contributed by atoms with Crippen LogP contribution < -0.4 is 0 Å². The first-order chi connectivity index (χ1) is 28.6. The number of likely N-dealkylation sites (N-methyl/N-ethyl adjacent to an activating group) is 1. The summed E-state index contributed by atoms with van der Waals surface area (Å²) in [6.45, 7) is 4.75. The standard InChI is InChI=1S/C51H95NO7/c1-6-8-10-12-14-16-18-20-22-24-26-28-30-32-34-36-38-40-42-50(54)59-47(45-57-44-43-48(51(55)56)52(3,4)5)46-58-49(53)41-39-37-35-33-31-29-27-25-23-21-19-17-15-13-11-9-7-2/h21-24,47-48H,6-20,25-46H2,1-5H3/p+1/b23-21-,24-22-. The lowest BCUT2D eigenvalue weighted by molar-refractivity contribution is -0.887. The van der Waals surface area contributed by atoms with Crippen LogP contribution in [0.4, 0.5) is 0 Å². The molecule has 0 heterocycles. The molecular formula is C51H96NO7+. The molecule has 0 saturated heterocycles. The predicted octanol–water partition coefficient (Wildman–Crippen LogP) is 14.0. The molecule has 346 valence electrons. The Morgan fingerprint density at radius 2 is 0.847 bits per heavy atom.